The van der Waals surface area contributed by atoms with Gasteiger partial charge in [-0.15, -0.1) is 0 Å². The Balaban J connectivity index is 2.03. The molecule has 0 aliphatic carbocycles. The second kappa shape index (κ2) is 6.95. The summed E-state index contributed by atoms with van der Waals surface area (Å²) in [5.74, 6) is -1.74. The van der Waals surface area contributed by atoms with E-state index >= 15 is 0 Å². The molecule has 1 aliphatic rings. The molecule has 2 atom stereocenters. The van der Waals surface area contributed by atoms with Crippen LogP contribution >= 0.6 is 11.3 Å². The molecule has 1 aliphatic heterocycles. The quantitative estimate of drug-likeness (QED) is 0.720. The molecule has 9 nitrogen and oxygen atoms in total. The number of anilines is 1. The highest BCUT2D eigenvalue weighted by Crippen LogP contribution is 2.24. The summed E-state index contributed by atoms with van der Waals surface area (Å²) in [6.07, 6.45) is -0.0944. The molecule has 2 heterocycles. The zero-order chi connectivity index (χ0) is 18.0. The van der Waals surface area contributed by atoms with Gasteiger partial charge in [0.25, 0.3) is 5.91 Å². The van der Waals surface area contributed by atoms with Gasteiger partial charge in [-0.2, -0.15) is 0 Å². The van der Waals surface area contributed by atoms with Crippen LogP contribution in [0.25, 0.3) is 0 Å². The largest absolute Gasteiger partial charge is 0.344 e. The molecule has 1 fully saturated rings. The number of amides is 5. The standard InChI is InChI=1S/C14H19N5O4S/c1-6-8(11(21)18-13(23)15-6)5-9(20)17-14-16-7(2)10(24-14)12(22)19(3)4/h6,8H,5H2,1-4H3,(H,16,17,20)(H2,15,18,21,23). The zero-order valence-electron chi connectivity index (χ0n) is 13.8. The average Bonchev–Trinajstić information content (AvgIpc) is 2.82. The summed E-state index contributed by atoms with van der Waals surface area (Å²) in [5.41, 5.74) is 0.532. The Hall–Kier alpha value is -2.49. The molecule has 130 valence electrons. The van der Waals surface area contributed by atoms with Crippen LogP contribution in [-0.4, -0.2) is 53.8 Å². The fourth-order valence-electron chi connectivity index (χ4n) is 2.27. The number of aromatic nitrogens is 1. The first-order valence-corrected chi connectivity index (χ1v) is 8.11. The van der Waals surface area contributed by atoms with Crippen molar-refractivity contribution in [3.8, 4) is 0 Å². The van der Waals surface area contributed by atoms with Gasteiger partial charge in [0.15, 0.2) is 5.13 Å². The third kappa shape index (κ3) is 3.88. The maximum absolute atomic E-state index is 12.1. The summed E-state index contributed by atoms with van der Waals surface area (Å²) < 4.78 is 0. The number of aryl methyl sites for hydroxylation is 1. The van der Waals surface area contributed by atoms with Gasteiger partial charge in [0.05, 0.1) is 11.6 Å². The minimum Gasteiger partial charge on any atom is -0.344 e. The van der Waals surface area contributed by atoms with Crippen molar-refractivity contribution in [3.63, 3.8) is 0 Å². The molecule has 24 heavy (non-hydrogen) atoms. The molecule has 2 unspecified atom stereocenters. The number of thiazole rings is 1. The Labute approximate surface area is 142 Å². The molecule has 0 aromatic carbocycles. The normalized spacial score (nSPS) is 20.2. The molecular formula is C14H19N5O4S. The van der Waals surface area contributed by atoms with E-state index in [2.05, 4.69) is 20.9 Å². The molecule has 0 radical (unpaired) electrons. The Morgan fingerprint density at radius 2 is 2.00 bits per heavy atom. The van der Waals surface area contributed by atoms with Crippen LogP contribution in [0.5, 0.6) is 0 Å². The van der Waals surface area contributed by atoms with Gasteiger partial charge >= 0.3 is 6.03 Å². The number of imide groups is 1. The lowest BCUT2D eigenvalue weighted by molar-refractivity contribution is -0.129. The van der Waals surface area contributed by atoms with Crippen LogP contribution in [0.4, 0.5) is 9.93 Å². The summed E-state index contributed by atoms with van der Waals surface area (Å²) in [7, 11) is 3.27. The van der Waals surface area contributed by atoms with Crippen LogP contribution < -0.4 is 16.0 Å². The molecule has 5 amide bonds. The van der Waals surface area contributed by atoms with Gasteiger partial charge in [0.1, 0.15) is 4.88 Å². The van der Waals surface area contributed by atoms with Crippen LogP contribution in [-0.2, 0) is 9.59 Å². The van der Waals surface area contributed by atoms with Crippen molar-refractivity contribution in [3.05, 3.63) is 10.6 Å². The summed E-state index contributed by atoms with van der Waals surface area (Å²) in [5, 5.41) is 7.60. The van der Waals surface area contributed by atoms with Crippen molar-refractivity contribution < 1.29 is 19.2 Å². The summed E-state index contributed by atoms with van der Waals surface area (Å²) in [6, 6.07) is -1.01. The number of hydrogen-bond donors (Lipinski definition) is 3. The molecule has 0 saturated carbocycles. The first-order valence-electron chi connectivity index (χ1n) is 7.29. The lowest BCUT2D eigenvalue weighted by Crippen LogP contribution is -2.57. The van der Waals surface area contributed by atoms with Gasteiger partial charge in [-0.1, -0.05) is 11.3 Å². The topological polar surface area (TPSA) is 120 Å². The van der Waals surface area contributed by atoms with E-state index in [0.29, 0.717) is 15.7 Å². The third-order valence-corrected chi connectivity index (χ3v) is 4.65. The highest BCUT2D eigenvalue weighted by atomic mass is 32.1. The zero-order valence-corrected chi connectivity index (χ0v) is 14.6. The summed E-state index contributed by atoms with van der Waals surface area (Å²) in [6.45, 7) is 3.35. The Bertz CT molecular complexity index is 699. The van der Waals surface area contributed by atoms with Crippen LogP contribution in [0.1, 0.15) is 28.7 Å². The molecule has 0 bridgehead atoms. The molecule has 0 spiro atoms. The van der Waals surface area contributed by atoms with Crippen LogP contribution in [0.2, 0.25) is 0 Å². The summed E-state index contributed by atoms with van der Waals surface area (Å²) >= 11 is 1.08. The number of rotatable bonds is 4. The maximum Gasteiger partial charge on any atom is 0.321 e. The Morgan fingerprint density at radius 1 is 1.33 bits per heavy atom. The van der Waals surface area contributed by atoms with E-state index in [1.54, 1.807) is 27.9 Å². The first-order chi connectivity index (χ1) is 11.2. The Morgan fingerprint density at radius 3 is 2.58 bits per heavy atom. The van der Waals surface area contributed by atoms with E-state index in [9.17, 15) is 19.2 Å². The van der Waals surface area contributed by atoms with Crippen LogP contribution in [0.15, 0.2) is 0 Å². The number of nitrogens with one attached hydrogen (secondary N) is 3. The maximum atomic E-state index is 12.1. The monoisotopic (exact) mass is 353 g/mol. The van der Waals surface area contributed by atoms with Gasteiger partial charge in [0, 0.05) is 26.6 Å². The SMILES string of the molecule is Cc1nc(NC(=O)CC2C(=O)NC(=O)NC2C)sc1C(=O)N(C)C. The van der Waals surface area contributed by atoms with Crippen molar-refractivity contribution in [2.24, 2.45) is 5.92 Å². The second-order valence-electron chi connectivity index (χ2n) is 5.74. The van der Waals surface area contributed by atoms with Crippen LogP contribution in [0.3, 0.4) is 0 Å². The molecule has 3 N–H and O–H groups in total. The fraction of sp³-hybridized carbons (Fsp3) is 0.500. The van der Waals surface area contributed by atoms with Crippen molar-refractivity contribution in [2.75, 3.05) is 19.4 Å². The van der Waals surface area contributed by atoms with E-state index in [-0.39, 0.29) is 12.3 Å². The van der Waals surface area contributed by atoms with E-state index in [1.807, 2.05) is 0 Å². The minimum atomic E-state index is -0.661. The van der Waals surface area contributed by atoms with Gasteiger partial charge < -0.3 is 15.5 Å². The van der Waals surface area contributed by atoms with Gasteiger partial charge in [-0.3, -0.25) is 19.7 Å². The molecule has 2 rings (SSSR count). The average molecular weight is 353 g/mol. The highest BCUT2D eigenvalue weighted by molar-refractivity contribution is 7.17. The van der Waals surface area contributed by atoms with E-state index in [1.165, 1.54) is 4.90 Å². The molecule has 10 heteroatoms. The van der Waals surface area contributed by atoms with Crippen molar-refractivity contribution in [1.29, 1.82) is 0 Å². The van der Waals surface area contributed by atoms with E-state index in [4.69, 9.17) is 0 Å². The van der Waals surface area contributed by atoms with Crippen molar-refractivity contribution in [1.82, 2.24) is 20.5 Å². The molecule has 1 saturated heterocycles. The first kappa shape index (κ1) is 17.9. The Kier molecular flexibility index (Phi) is 5.17. The van der Waals surface area contributed by atoms with E-state index < -0.39 is 29.8 Å². The number of carbonyl (C=O) groups excluding carboxylic acids is 4. The van der Waals surface area contributed by atoms with E-state index in [0.717, 1.165) is 11.3 Å². The predicted octanol–water partition coefficient (Wildman–Crippen LogP) is 0.326. The van der Waals surface area contributed by atoms with Gasteiger partial charge in [-0.05, 0) is 13.8 Å². The number of carbonyl (C=O) groups is 4. The second-order valence-corrected chi connectivity index (χ2v) is 6.74. The number of hydrogen-bond acceptors (Lipinski definition) is 6. The van der Waals surface area contributed by atoms with Crippen LogP contribution in [0, 0.1) is 12.8 Å². The van der Waals surface area contributed by atoms with Crippen molar-refractivity contribution >= 4 is 40.2 Å². The number of urea groups is 1. The predicted molar refractivity (Wildman–Crippen MR) is 87.7 cm³/mol. The minimum absolute atomic E-state index is 0.0944. The van der Waals surface area contributed by atoms with Crippen molar-refractivity contribution in [2.45, 2.75) is 26.3 Å². The molecule has 1 aromatic heterocycles. The lowest BCUT2D eigenvalue weighted by Gasteiger charge is -2.28. The number of nitrogens with zero attached hydrogens (tertiary/aromatic N) is 2. The van der Waals surface area contributed by atoms with Gasteiger partial charge in [0.2, 0.25) is 11.8 Å². The van der Waals surface area contributed by atoms with Gasteiger partial charge in [-0.25, -0.2) is 9.78 Å². The molecule has 1 aromatic rings. The summed E-state index contributed by atoms with van der Waals surface area (Å²) in [4.78, 5) is 53.2. The smallest absolute Gasteiger partial charge is 0.321 e. The fourth-order valence-corrected chi connectivity index (χ4v) is 3.27. The third-order valence-electron chi connectivity index (χ3n) is 3.58. The lowest BCUT2D eigenvalue weighted by atomic mass is 9.94. The highest BCUT2D eigenvalue weighted by Gasteiger charge is 2.34. The molecular weight excluding hydrogens is 334 g/mol.